The second-order valence-electron chi connectivity index (χ2n) is 8.81. The molecule has 25 heavy (non-hydrogen) atoms. The zero-order chi connectivity index (χ0) is 18.8. The highest BCUT2D eigenvalue weighted by Gasteiger charge is 2.11. The Kier molecular flexibility index (Phi) is 16.7. The van der Waals surface area contributed by atoms with Gasteiger partial charge in [0.25, 0.3) is 0 Å². The van der Waals surface area contributed by atoms with Gasteiger partial charge in [-0.25, -0.2) is 0 Å². The van der Waals surface area contributed by atoms with Crippen molar-refractivity contribution in [2.24, 2.45) is 0 Å². The molecule has 0 fully saturated rings. The number of rotatable bonds is 18. The lowest BCUT2D eigenvalue weighted by Crippen LogP contribution is -2.18. The molecule has 0 bridgehead atoms. The second kappa shape index (κ2) is 17.0. The summed E-state index contributed by atoms with van der Waals surface area (Å²) in [6.45, 7) is 12.6. The van der Waals surface area contributed by atoms with Gasteiger partial charge in [0.2, 0.25) is 0 Å². The fourth-order valence-corrected chi connectivity index (χ4v) is 3.35. The van der Waals surface area contributed by atoms with Gasteiger partial charge in [0.15, 0.2) is 0 Å². The van der Waals surface area contributed by atoms with E-state index in [1.165, 1.54) is 103 Å². The quantitative estimate of drug-likeness (QED) is 0.177. The van der Waals surface area contributed by atoms with Crippen molar-refractivity contribution in [2.45, 2.75) is 142 Å². The van der Waals surface area contributed by atoms with Crippen LogP contribution in [0.2, 0.25) is 0 Å². The van der Waals surface area contributed by atoms with Crippen molar-refractivity contribution in [3.05, 3.63) is 12.3 Å². The minimum Gasteiger partial charge on any atom is -0.493 e. The number of allylic oxidation sites excluding steroid dienone is 1. The lowest BCUT2D eigenvalue weighted by molar-refractivity contribution is 0.0472. The summed E-state index contributed by atoms with van der Waals surface area (Å²) in [4.78, 5) is 0. The fraction of sp³-hybridized carbons (Fsp3) is 0.917. The largest absolute Gasteiger partial charge is 0.493 e. The van der Waals surface area contributed by atoms with E-state index in [0.29, 0.717) is 0 Å². The topological polar surface area (TPSA) is 9.23 Å². The van der Waals surface area contributed by atoms with Crippen LogP contribution in [0, 0.1) is 0 Å². The van der Waals surface area contributed by atoms with Crippen molar-refractivity contribution >= 4 is 0 Å². The van der Waals surface area contributed by atoms with Crippen molar-refractivity contribution in [2.75, 3.05) is 0 Å². The lowest BCUT2D eigenvalue weighted by atomic mass is 10.0. The van der Waals surface area contributed by atoms with E-state index in [-0.39, 0.29) is 5.60 Å². The third-order valence-electron chi connectivity index (χ3n) is 4.76. The molecule has 0 amide bonds. The molecule has 0 radical (unpaired) electrons. The van der Waals surface area contributed by atoms with Gasteiger partial charge in [-0.05, 0) is 27.2 Å². The van der Waals surface area contributed by atoms with Gasteiger partial charge in [0, 0.05) is 6.42 Å². The molecule has 1 nitrogen and oxygen atoms in total. The van der Waals surface area contributed by atoms with Gasteiger partial charge in [-0.15, -0.1) is 0 Å². The zero-order valence-corrected chi connectivity index (χ0v) is 18.1. The molecular weight excluding hydrogens is 304 g/mol. The van der Waals surface area contributed by atoms with E-state index in [9.17, 15) is 0 Å². The molecule has 0 heterocycles. The summed E-state index contributed by atoms with van der Waals surface area (Å²) >= 11 is 0. The van der Waals surface area contributed by atoms with Gasteiger partial charge in [-0.1, -0.05) is 110 Å². The van der Waals surface area contributed by atoms with Gasteiger partial charge in [0.1, 0.15) is 5.60 Å². The fourth-order valence-electron chi connectivity index (χ4n) is 3.35. The number of hydrogen-bond acceptors (Lipinski definition) is 1. The lowest BCUT2D eigenvalue weighted by Gasteiger charge is -2.22. The number of ether oxygens (including phenoxy) is 1. The summed E-state index contributed by atoms with van der Waals surface area (Å²) < 4.78 is 5.77. The van der Waals surface area contributed by atoms with E-state index in [1.807, 2.05) is 0 Å². The van der Waals surface area contributed by atoms with Crippen molar-refractivity contribution < 1.29 is 4.74 Å². The van der Waals surface area contributed by atoms with Crippen LogP contribution in [0.3, 0.4) is 0 Å². The van der Waals surface area contributed by atoms with Gasteiger partial charge < -0.3 is 4.74 Å². The first-order valence-corrected chi connectivity index (χ1v) is 11.3. The summed E-state index contributed by atoms with van der Waals surface area (Å²) in [5, 5.41) is 0. The minimum absolute atomic E-state index is 0.0911. The first-order valence-electron chi connectivity index (χ1n) is 11.3. The molecule has 150 valence electrons. The molecule has 0 aromatic heterocycles. The van der Waals surface area contributed by atoms with E-state index in [0.717, 1.165) is 12.2 Å². The highest BCUT2D eigenvalue weighted by atomic mass is 16.5. The maximum absolute atomic E-state index is 5.77. The first-order chi connectivity index (χ1) is 12.0. The van der Waals surface area contributed by atoms with Crippen LogP contribution < -0.4 is 0 Å². The molecule has 0 rings (SSSR count). The van der Waals surface area contributed by atoms with Crippen LogP contribution >= 0.6 is 0 Å². The molecule has 0 N–H and O–H groups in total. The second-order valence-corrected chi connectivity index (χ2v) is 8.81. The van der Waals surface area contributed by atoms with Gasteiger partial charge >= 0.3 is 0 Å². The SMILES string of the molecule is C=C(CCCCCCCCCCCCCCCCCC)OC(C)(C)C. The maximum atomic E-state index is 5.77. The Morgan fingerprint density at radius 1 is 0.600 bits per heavy atom. The Hall–Kier alpha value is -0.460. The Bertz CT molecular complexity index is 287. The van der Waals surface area contributed by atoms with Crippen molar-refractivity contribution in [3.8, 4) is 0 Å². The predicted octanol–water partition coefficient (Wildman–Crippen LogP) is 8.97. The average molecular weight is 353 g/mol. The average Bonchev–Trinajstić information content (AvgIpc) is 2.53. The van der Waals surface area contributed by atoms with Crippen molar-refractivity contribution in [1.82, 2.24) is 0 Å². The zero-order valence-electron chi connectivity index (χ0n) is 18.1. The summed E-state index contributed by atoms with van der Waals surface area (Å²) in [7, 11) is 0. The number of hydrogen-bond donors (Lipinski definition) is 0. The molecule has 0 saturated heterocycles. The molecule has 0 saturated carbocycles. The maximum Gasteiger partial charge on any atom is 0.100 e. The van der Waals surface area contributed by atoms with Crippen LogP contribution in [0.5, 0.6) is 0 Å². The third kappa shape index (κ3) is 21.5. The highest BCUT2D eigenvalue weighted by molar-refractivity contribution is 4.85. The molecule has 0 aliphatic carbocycles. The third-order valence-corrected chi connectivity index (χ3v) is 4.76. The van der Waals surface area contributed by atoms with E-state index < -0.39 is 0 Å². The van der Waals surface area contributed by atoms with Crippen LogP contribution in [-0.2, 0) is 4.74 Å². The first kappa shape index (κ1) is 24.5. The Morgan fingerprint density at radius 3 is 1.24 bits per heavy atom. The molecular formula is C24H48O. The van der Waals surface area contributed by atoms with Crippen LogP contribution in [0.15, 0.2) is 12.3 Å². The molecule has 0 aromatic rings. The van der Waals surface area contributed by atoms with E-state index in [1.54, 1.807) is 0 Å². The highest BCUT2D eigenvalue weighted by Crippen LogP contribution is 2.18. The van der Waals surface area contributed by atoms with Crippen molar-refractivity contribution in [1.29, 1.82) is 0 Å². The summed E-state index contributed by atoms with van der Waals surface area (Å²) in [6.07, 6.45) is 23.7. The monoisotopic (exact) mass is 352 g/mol. The molecule has 0 aliphatic heterocycles. The van der Waals surface area contributed by atoms with Gasteiger partial charge in [-0.2, -0.15) is 0 Å². The van der Waals surface area contributed by atoms with Crippen molar-refractivity contribution in [3.63, 3.8) is 0 Å². The minimum atomic E-state index is -0.0911. The normalized spacial score (nSPS) is 11.7. The molecule has 0 spiro atoms. The molecule has 1 heteroatoms. The van der Waals surface area contributed by atoms with Gasteiger partial charge in [-0.3, -0.25) is 0 Å². The standard InChI is InChI=1S/C24H48O/c1-6-7-8-9-10-11-12-13-14-15-16-17-18-19-20-21-22-23(2)25-24(3,4)5/h2,6-22H2,1,3-5H3. The van der Waals surface area contributed by atoms with Crippen LogP contribution in [0.1, 0.15) is 137 Å². The summed E-state index contributed by atoms with van der Waals surface area (Å²) in [5.74, 6) is 0.956. The number of unbranched alkanes of at least 4 members (excludes halogenated alkanes) is 15. The van der Waals surface area contributed by atoms with Crippen LogP contribution in [-0.4, -0.2) is 5.60 Å². The Labute approximate surface area is 160 Å². The van der Waals surface area contributed by atoms with E-state index in [2.05, 4.69) is 34.3 Å². The van der Waals surface area contributed by atoms with Gasteiger partial charge in [0.05, 0.1) is 5.76 Å². The smallest absolute Gasteiger partial charge is 0.100 e. The van der Waals surface area contributed by atoms with Crippen LogP contribution in [0.25, 0.3) is 0 Å². The molecule has 0 aromatic carbocycles. The molecule has 0 unspecified atom stereocenters. The summed E-state index contributed by atoms with van der Waals surface area (Å²) in [6, 6.07) is 0. The molecule has 0 aliphatic rings. The predicted molar refractivity (Wildman–Crippen MR) is 114 cm³/mol. The molecule has 0 atom stereocenters. The summed E-state index contributed by atoms with van der Waals surface area (Å²) in [5.41, 5.74) is -0.0911. The van der Waals surface area contributed by atoms with E-state index >= 15 is 0 Å². The Balaban J connectivity index is 3.13. The van der Waals surface area contributed by atoms with Crippen LogP contribution in [0.4, 0.5) is 0 Å². The van der Waals surface area contributed by atoms with E-state index in [4.69, 9.17) is 4.74 Å². The Morgan fingerprint density at radius 2 is 0.920 bits per heavy atom.